The lowest BCUT2D eigenvalue weighted by Gasteiger charge is -2.18. The van der Waals surface area contributed by atoms with Gasteiger partial charge in [-0.3, -0.25) is 0 Å². The van der Waals surface area contributed by atoms with E-state index in [1.807, 2.05) is 31.2 Å². The molecule has 112 valence electrons. The molecule has 0 spiro atoms. The van der Waals surface area contributed by atoms with Crippen LogP contribution in [0.15, 0.2) is 29.8 Å². The zero-order valence-corrected chi connectivity index (χ0v) is 13.1. The van der Waals surface area contributed by atoms with Crippen molar-refractivity contribution in [3.8, 4) is 5.75 Å². The molecule has 0 bridgehead atoms. The van der Waals surface area contributed by atoms with Crippen molar-refractivity contribution in [2.45, 2.75) is 19.9 Å². The van der Waals surface area contributed by atoms with Crippen molar-refractivity contribution in [3.63, 3.8) is 0 Å². The van der Waals surface area contributed by atoms with E-state index in [0.717, 1.165) is 22.0 Å². The van der Waals surface area contributed by atoms with Crippen LogP contribution in [0.3, 0.4) is 0 Å². The maximum Gasteiger partial charge on any atom is 0.334 e. The van der Waals surface area contributed by atoms with E-state index in [1.54, 1.807) is 19.5 Å². The van der Waals surface area contributed by atoms with Crippen molar-refractivity contribution in [1.29, 1.82) is 0 Å². The van der Waals surface area contributed by atoms with Crippen molar-refractivity contribution >= 4 is 23.0 Å². The van der Waals surface area contributed by atoms with E-state index < -0.39 is 6.04 Å². The van der Waals surface area contributed by atoms with Crippen LogP contribution in [-0.4, -0.2) is 24.7 Å². The first-order valence-corrected chi connectivity index (χ1v) is 7.51. The highest BCUT2D eigenvalue weighted by atomic mass is 32.1. The van der Waals surface area contributed by atoms with E-state index in [1.165, 1.54) is 11.3 Å². The molecule has 0 amide bonds. The third kappa shape index (κ3) is 3.72. The van der Waals surface area contributed by atoms with Gasteiger partial charge in [0, 0.05) is 11.8 Å². The van der Waals surface area contributed by atoms with Gasteiger partial charge in [0.1, 0.15) is 5.75 Å². The average Bonchev–Trinajstić information content (AvgIpc) is 2.91. The summed E-state index contributed by atoms with van der Waals surface area (Å²) in [7, 11) is 1.61. The fraction of sp³-hybridized carbons (Fsp3) is 0.333. The molecule has 1 unspecified atom stereocenters. The van der Waals surface area contributed by atoms with Crippen LogP contribution in [0.4, 0.5) is 5.69 Å². The van der Waals surface area contributed by atoms with E-state index in [4.69, 9.17) is 9.47 Å². The van der Waals surface area contributed by atoms with Crippen LogP contribution >= 0.6 is 11.3 Å². The maximum atomic E-state index is 12.2. The Morgan fingerprint density at radius 2 is 2.29 bits per heavy atom. The van der Waals surface area contributed by atoms with Gasteiger partial charge >= 0.3 is 5.97 Å². The summed E-state index contributed by atoms with van der Waals surface area (Å²) in [5.74, 6) is 0.413. The maximum absolute atomic E-state index is 12.2. The standard InChI is InChI=1S/C15H18N2O3S/c1-4-20-15(18)13(14-10(2)16-9-21-14)17-11-6-5-7-12(8-11)19-3/h5-9,13,17H,4H2,1-3H3. The Balaban J connectivity index is 2.27. The van der Waals surface area contributed by atoms with Crippen molar-refractivity contribution in [2.75, 3.05) is 19.0 Å². The van der Waals surface area contributed by atoms with Gasteiger partial charge in [0.25, 0.3) is 0 Å². The third-order valence-corrected chi connectivity index (χ3v) is 3.94. The summed E-state index contributed by atoms with van der Waals surface area (Å²) in [5, 5.41) is 3.20. The predicted molar refractivity (Wildman–Crippen MR) is 82.8 cm³/mol. The molecular weight excluding hydrogens is 288 g/mol. The lowest BCUT2D eigenvalue weighted by atomic mass is 10.2. The zero-order chi connectivity index (χ0) is 15.2. The van der Waals surface area contributed by atoms with Gasteiger partial charge in [-0.2, -0.15) is 0 Å². The van der Waals surface area contributed by atoms with Gasteiger partial charge in [-0.1, -0.05) is 6.07 Å². The molecule has 2 aromatic rings. The van der Waals surface area contributed by atoms with E-state index in [0.29, 0.717) is 6.61 Å². The Kier molecular flexibility index (Phi) is 5.16. The first-order chi connectivity index (χ1) is 10.2. The van der Waals surface area contributed by atoms with Crippen molar-refractivity contribution in [3.05, 3.63) is 40.3 Å². The zero-order valence-electron chi connectivity index (χ0n) is 12.3. The molecule has 2 rings (SSSR count). The van der Waals surface area contributed by atoms with E-state index in [-0.39, 0.29) is 5.97 Å². The molecule has 21 heavy (non-hydrogen) atoms. The number of aromatic nitrogens is 1. The lowest BCUT2D eigenvalue weighted by molar-refractivity contribution is -0.144. The molecule has 6 heteroatoms. The van der Waals surface area contributed by atoms with Gasteiger partial charge in [0.15, 0.2) is 6.04 Å². The van der Waals surface area contributed by atoms with Crippen LogP contribution in [0.5, 0.6) is 5.75 Å². The van der Waals surface area contributed by atoms with Crippen LogP contribution in [0.2, 0.25) is 0 Å². The number of hydrogen-bond acceptors (Lipinski definition) is 6. The SMILES string of the molecule is CCOC(=O)C(Nc1cccc(OC)c1)c1scnc1C. The fourth-order valence-corrected chi connectivity index (χ4v) is 2.76. The number of esters is 1. The number of methoxy groups -OCH3 is 1. The summed E-state index contributed by atoms with van der Waals surface area (Å²) >= 11 is 1.44. The molecule has 1 aromatic heterocycles. The van der Waals surface area contributed by atoms with Crippen molar-refractivity contribution in [1.82, 2.24) is 4.98 Å². The smallest absolute Gasteiger partial charge is 0.334 e. The fourth-order valence-electron chi connectivity index (χ4n) is 1.92. The lowest BCUT2D eigenvalue weighted by Crippen LogP contribution is -2.23. The summed E-state index contributed by atoms with van der Waals surface area (Å²) in [4.78, 5) is 17.3. The Labute approximate surface area is 127 Å². The second-order valence-corrected chi connectivity index (χ2v) is 5.25. The van der Waals surface area contributed by atoms with Gasteiger partial charge < -0.3 is 14.8 Å². The molecule has 1 N–H and O–H groups in total. The highest BCUT2D eigenvalue weighted by Gasteiger charge is 2.25. The molecule has 1 aromatic carbocycles. The van der Waals surface area contributed by atoms with Crippen molar-refractivity contribution < 1.29 is 14.3 Å². The molecule has 0 saturated carbocycles. The Hall–Kier alpha value is -2.08. The van der Waals surface area contributed by atoms with Gasteiger partial charge in [-0.05, 0) is 26.0 Å². The van der Waals surface area contributed by atoms with Crippen LogP contribution in [0.25, 0.3) is 0 Å². The number of aryl methyl sites for hydroxylation is 1. The van der Waals surface area contributed by atoms with E-state index in [2.05, 4.69) is 10.3 Å². The van der Waals surface area contributed by atoms with Crippen molar-refractivity contribution in [2.24, 2.45) is 0 Å². The first-order valence-electron chi connectivity index (χ1n) is 6.63. The quantitative estimate of drug-likeness (QED) is 0.831. The second kappa shape index (κ2) is 7.08. The van der Waals surface area contributed by atoms with Gasteiger partial charge in [0.05, 0.1) is 29.8 Å². The Morgan fingerprint density at radius 1 is 1.48 bits per heavy atom. The minimum absolute atomic E-state index is 0.312. The van der Waals surface area contributed by atoms with Crippen LogP contribution in [-0.2, 0) is 9.53 Å². The number of thiazole rings is 1. The predicted octanol–water partition coefficient (Wildman–Crippen LogP) is 3.18. The number of nitrogens with one attached hydrogen (secondary N) is 1. The highest BCUT2D eigenvalue weighted by Crippen LogP contribution is 2.28. The van der Waals surface area contributed by atoms with E-state index >= 15 is 0 Å². The number of carbonyl (C=O) groups is 1. The molecule has 0 saturated heterocycles. The van der Waals surface area contributed by atoms with Gasteiger partial charge in [-0.25, -0.2) is 9.78 Å². The largest absolute Gasteiger partial charge is 0.497 e. The number of carbonyl (C=O) groups excluding carboxylic acids is 1. The number of rotatable bonds is 6. The molecule has 0 radical (unpaired) electrons. The first kappa shape index (κ1) is 15.3. The molecule has 0 aliphatic carbocycles. The van der Waals surface area contributed by atoms with E-state index in [9.17, 15) is 4.79 Å². The third-order valence-electron chi connectivity index (χ3n) is 2.95. The van der Waals surface area contributed by atoms with Gasteiger partial charge in [0.2, 0.25) is 0 Å². The number of benzene rings is 1. The molecular formula is C15H18N2O3S. The summed E-state index contributed by atoms with van der Waals surface area (Å²) in [6, 6.07) is 6.86. The molecule has 0 aliphatic heterocycles. The minimum atomic E-state index is -0.565. The summed E-state index contributed by atoms with van der Waals surface area (Å²) in [6.45, 7) is 4.01. The molecule has 0 fully saturated rings. The Bertz CT molecular complexity index is 612. The topological polar surface area (TPSA) is 60.5 Å². The summed E-state index contributed by atoms with van der Waals surface area (Å²) in [5.41, 5.74) is 3.35. The Morgan fingerprint density at radius 3 is 2.90 bits per heavy atom. The molecule has 0 aliphatic rings. The number of nitrogens with zero attached hydrogens (tertiary/aromatic N) is 1. The normalized spacial score (nSPS) is 11.8. The summed E-state index contributed by atoms with van der Waals surface area (Å²) in [6.07, 6.45) is 0. The molecule has 5 nitrogen and oxygen atoms in total. The number of anilines is 1. The van der Waals surface area contributed by atoms with Gasteiger partial charge in [-0.15, -0.1) is 11.3 Å². The summed E-state index contributed by atoms with van der Waals surface area (Å²) < 4.78 is 10.4. The minimum Gasteiger partial charge on any atom is -0.497 e. The monoisotopic (exact) mass is 306 g/mol. The number of hydrogen-bond donors (Lipinski definition) is 1. The van der Waals surface area contributed by atoms with Crippen LogP contribution in [0.1, 0.15) is 23.5 Å². The second-order valence-electron chi connectivity index (χ2n) is 4.36. The molecule has 1 heterocycles. The van der Waals surface area contributed by atoms with Crippen LogP contribution < -0.4 is 10.1 Å². The van der Waals surface area contributed by atoms with Crippen LogP contribution in [0, 0.1) is 6.92 Å². The average molecular weight is 306 g/mol. The molecule has 1 atom stereocenters. The number of ether oxygens (including phenoxy) is 2. The highest BCUT2D eigenvalue weighted by molar-refractivity contribution is 7.10.